The normalized spacial score (nSPS) is 12.6. The summed E-state index contributed by atoms with van der Waals surface area (Å²) >= 11 is 1.21. The molecule has 0 fully saturated rings. The van der Waals surface area contributed by atoms with E-state index in [1.807, 2.05) is 4.57 Å². The maximum Gasteiger partial charge on any atom is 0.248 e. The maximum absolute atomic E-state index is 13.5. The van der Waals surface area contributed by atoms with Crippen molar-refractivity contribution in [2.75, 3.05) is 19.5 Å². The number of carbonyl (C=O) groups excluding carboxylic acids is 1. The molecule has 0 atom stereocenters. The van der Waals surface area contributed by atoms with Gasteiger partial charge in [-0.1, -0.05) is 29.5 Å². The Morgan fingerprint density at radius 2 is 1.97 bits per heavy atom. The Hall–Kier alpha value is -2.36. The van der Waals surface area contributed by atoms with E-state index < -0.39 is 15.7 Å². The summed E-state index contributed by atoms with van der Waals surface area (Å²) in [5, 5.41) is 0. The van der Waals surface area contributed by atoms with E-state index in [4.69, 9.17) is 4.74 Å². The number of halogens is 1. The Balaban J connectivity index is 1.75. The van der Waals surface area contributed by atoms with Crippen molar-refractivity contribution in [1.82, 2.24) is 4.57 Å². The van der Waals surface area contributed by atoms with Gasteiger partial charge < -0.3 is 9.30 Å². The van der Waals surface area contributed by atoms with Crippen LogP contribution in [0.2, 0.25) is 0 Å². The minimum Gasteiger partial charge on any atom is -0.383 e. The summed E-state index contributed by atoms with van der Waals surface area (Å²) in [6, 6.07) is 12.6. The number of methoxy groups -OCH3 is 1. The molecule has 0 unspecified atom stereocenters. The van der Waals surface area contributed by atoms with E-state index in [0.29, 0.717) is 22.7 Å². The molecule has 1 aromatic heterocycles. The van der Waals surface area contributed by atoms with Crippen molar-refractivity contribution in [2.24, 2.45) is 4.99 Å². The minimum absolute atomic E-state index is 0.0128. The van der Waals surface area contributed by atoms with Crippen LogP contribution in [0.3, 0.4) is 0 Å². The van der Waals surface area contributed by atoms with E-state index in [-0.39, 0.29) is 29.3 Å². The van der Waals surface area contributed by atoms with E-state index in [1.165, 1.54) is 35.6 Å². The van der Waals surface area contributed by atoms with Crippen molar-refractivity contribution < 1.29 is 22.3 Å². The third-order valence-corrected chi connectivity index (χ3v) is 7.15. The van der Waals surface area contributed by atoms with E-state index in [0.717, 1.165) is 5.52 Å². The molecule has 0 aliphatic heterocycles. The number of nitrogens with zero attached hydrogens (tertiary/aromatic N) is 2. The fourth-order valence-electron chi connectivity index (χ4n) is 2.85. The Morgan fingerprint density at radius 1 is 1.21 bits per heavy atom. The Morgan fingerprint density at radius 3 is 2.69 bits per heavy atom. The molecule has 0 N–H and O–H groups in total. The molecule has 0 radical (unpaired) electrons. The van der Waals surface area contributed by atoms with Crippen LogP contribution in [0.15, 0.2) is 58.4 Å². The number of ether oxygens (including phenoxy) is 1. The van der Waals surface area contributed by atoms with Gasteiger partial charge in [0.25, 0.3) is 0 Å². The van der Waals surface area contributed by atoms with Crippen molar-refractivity contribution in [3.05, 3.63) is 59.1 Å². The number of thiazole rings is 1. The maximum atomic E-state index is 13.5. The molecule has 0 aliphatic rings. The van der Waals surface area contributed by atoms with E-state index in [2.05, 4.69) is 4.99 Å². The molecule has 29 heavy (non-hydrogen) atoms. The molecule has 3 aromatic rings. The van der Waals surface area contributed by atoms with Gasteiger partial charge >= 0.3 is 0 Å². The van der Waals surface area contributed by atoms with Crippen LogP contribution in [0, 0.1) is 5.82 Å². The Bertz CT molecular complexity index is 1170. The van der Waals surface area contributed by atoms with Gasteiger partial charge in [0.15, 0.2) is 14.6 Å². The van der Waals surface area contributed by atoms with Crippen LogP contribution < -0.4 is 4.80 Å². The standard InChI is InChI=1S/C20H21FN2O4S2/c1-27-12-11-23-17-10-9-15(21)14-18(17)28-20(23)22-19(24)8-5-13-29(25,26)16-6-3-2-4-7-16/h2-4,6-7,9-10,14H,5,8,11-13H2,1H3. The van der Waals surface area contributed by atoms with Crippen LogP contribution in [-0.2, 0) is 25.9 Å². The Labute approximate surface area is 172 Å². The molecule has 2 aromatic carbocycles. The first-order valence-corrected chi connectivity index (χ1v) is 11.5. The number of hydrogen-bond donors (Lipinski definition) is 0. The van der Waals surface area contributed by atoms with Crippen molar-refractivity contribution in [3.8, 4) is 0 Å². The number of aromatic nitrogens is 1. The van der Waals surface area contributed by atoms with Gasteiger partial charge in [-0.05, 0) is 36.8 Å². The highest BCUT2D eigenvalue weighted by atomic mass is 32.2. The van der Waals surface area contributed by atoms with Gasteiger partial charge in [-0.15, -0.1) is 0 Å². The predicted octanol–water partition coefficient (Wildman–Crippen LogP) is 3.17. The molecule has 9 heteroatoms. The largest absolute Gasteiger partial charge is 0.383 e. The van der Waals surface area contributed by atoms with Crippen molar-refractivity contribution in [3.63, 3.8) is 0 Å². The fraction of sp³-hybridized carbons (Fsp3) is 0.300. The zero-order valence-corrected chi connectivity index (χ0v) is 17.5. The summed E-state index contributed by atoms with van der Waals surface area (Å²) in [7, 11) is -1.86. The van der Waals surface area contributed by atoms with Crippen LogP contribution in [-0.4, -0.2) is 38.4 Å². The third kappa shape index (κ3) is 5.37. The molecule has 0 aliphatic carbocycles. The zero-order chi connectivity index (χ0) is 20.9. The van der Waals surface area contributed by atoms with Gasteiger partial charge in [0.1, 0.15) is 5.82 Å². The lowest BCUT2D eigenvalue weighted by molar-refractivity contribution is -0.118. The predicted molar refractivity (Wildman–Crippen MR) is 110 cm³/mol. The summed E-state index contributed by atoms with van der Waals surface area (Å²) < 4.78 is 45.7. The highest BCUT2D eigenvalue weighted by molar-refractivity contribution is 7.91. The summed E-state index contributed by atoms with van der Waals surface area (Å²) in [4.78, 5) is 17.2. The van der Waals surface area contributed by atoms with E-state index >= 15 is 0 Å². The molecule has 3 rings (SSSR count). The fourth-order valence-corrected chi connectivity index (χ4v) is 5.28. The lowest BCUT2D eigenvalue weighted by atomic mass is 10.3. The second-order valence-electron chi connectivity index (χ2n) is 6.38. The van der Waals surface area contributed by atoms with Crippen LogP contribution in [0.5, 0.6) is 0 Å². The molecule has 0 spiro atoms. The molecular formula is C20H21FN2O4S2. The molecule has 0 saturated carbocycles. The zero-order valence-electron chi connectivity index (χ0n) is 15.9. The first-order valence-electron chi connectivity index (χ1n) is 9.04. The highest BCUT2D eigenvalue weighted by Crippen LogP contribution is 2.19. The second-order valence-corrected chi connectivity index (χ2v) is 9.50. The van der Waals surface area contributed by atoms with E-state index in [9.17, 15) is 17.6 Å². The summed E-state index contributed by atoms with van der Waals surface area (Å²) in [6.07, 6.45) is 0.191. The van der Waals surface area contributed by atoms with Crippen LogP contribution >= 0.6 is 11.3 Å². The van der Waals surface area contributed by atoms with Gasteiger partial charge in [0.05, 0.1) is 27.5 Å². The molecule has 0 saturated heterocycles. The number of fused-ring (bicyclic) bond motifs is 1. The number of sulfone groups is 1. The number of hydrogen-bond acceptors (Lipinski definition) is 5. The van der Waals surface area contributed by atoms with Crippen LogP contribution in [0.25, 0.3) is 10.2 Å². The van der Waals surface area contributed by atoms with Gasteiger partial charge in [0.2, 0.25) is 5.91 Å². The number of rotatable bonds is 8. The quantitative estimate of drug-likeness (QED) is 0.543. The topological polar surface area (TPSA) is 77.7 Å². The van der Waals surface area contributed by atoms with Crippen LogP contribution in [0.1, 0.15) is 12.8 Å². The first-order chi connectivity index (χ1) is 13.9. The molecule has 0 bridgehead atoms. The molecule has 1 heterocycles. The van der Waals surface area contributed by atoms with Crippen LogP contribution in [0.4, 0.5) is 4.39 Å². The lowest BCUT2D eigenvalue weighted by Crippen LogP contribution is -2.19. The average molecular weight is 437 g/mol. The molecule has 6 nitrogen and oxygen atoms in total. The smallest absolute Gasteiger partial charge is 0.248 e. The SMILES string of the molecule is COCCn1c(=NC(=O)CCCS(=O)(=O)c2ccccc2)sc2cc(F)ccc21. The summed E-state index contributed by atoms with van der Waals surface area (Å²) in [6.45, 7) is 0.885. The molecular weight excluding hydrogens is 415 g/mol. The Kier molecular flexibility index (Phi) is 6.94. The summed E-state index contributed by atoms with van der Waals surface area (Å²) in [5.41, 5.74) is 0.770. The monoisotopic (exact) mass is 436 g/mol. The van der Waals surface area contributed by atoms with Gasteiger partial charge in [0, 0.05) is 20.1 Å². The number of benzene rings is 2. The van der Waals surface area contributed by atoms with Crippen molar-refractivity contribution in [2.45, 2.75) is 24.3 Å². The first kappa shape index (κ1) is 21.4. The highest BCUT2D eigenvalue weighted by Gasteiger charge is 2.15. The average Bonchev–Trinajstić information content (AvgIpc) is 3.02. The lowest BCUT2D eigenvalue weighted by Gasteiger charge is -2.04. The third-order valence-electron chi connectivity index (χ3n) is 4.29. The van der Waals surface area contributed by atoms with Gasteiger partial charge in [-0.3, -0.25) is 4.79 Å². The molecule has 154 valence electrons. The second kappa shape index (κ2) is 9.43. The van der Waals surface area contributed by atoms with Crippen molar-refractivity contribution in [1.29, 1.82) is 0 Å². The number of carbonyl (C=O) groups is 1. The van der Waals surface area contributed by atoms with Gasteiger partial charge in [-0.2, -0.15) is 4.99 Å². The van der Waals surface area contributed by atoms with Gasteiger partial charge in [-0.25, -0.2) is 12.8 Å². The minimum atomic E-state index is -3.43. The molecule has 1 amide bonds. The number of amides is 1. The van der Waals surface area contributed by atoms with Crippen molar-refractivity contribution >= 4 is 37.3 Å². The van der Waals surface area contributed by atoms with E-state index in [1.54, 1.807) is 31.4 Å². The summed E-state index contributed by atoms with van der Waals surface area (Å²) in [5.74, 6) is -0.896.